The highest BCUT2D eigenvalue weighted by Crippen LogP contribution is 2.20. The number of carbonyl (C=O) groups excluding carboxylic acids is 2. The zero-order chi connectivity index (χ0) is 14.7. The molecule has 0 aromatic rings. The number of primary amides is 1. The van der Waals surface area contributed by atoms with Gasteiger partial charge in [-0.15, -0.1) is 0 Å². The summed E-state index contributed by atoms with van der Waals surface area (Å²) in [6, 6.07) is -1.10. The molecule has 0 heterocycles. The first kappa shape index (κ1) is 16.2. The second-order valence-electron chi connectivity index (χ2n) is 5.24. The minimum Gasteiger partial charge on any atom is -0.465 e. The van der Waals surface area contributed by atoms with Crippen molar-refractivity contribution in [1.82, 2.24) is 9.80 Å². The van der Waals surface area contributed by atoms with Gasteiger partial charge in [-0.25, -0.2) is 4.79 Å². The number of nitrogens with two attached hydrogens (primary N) is 1. The molecule has 0 aliphatic carbocycles. The molecule has 0 saturated carbocycles. The molecule has 7 heteroatoms. The summed E-state index contributed by atoms with van der Waals surface area (Å²) in [5, 5.41) is 9.23. The molecule has 0 saturated heterocycles. The van der Waals surface area contributed by atoms with Crippen LogP contribution in [0.15, 0.2) is 0 Å². The van der Waals surface area contributed by atoms with Crippen molar-refractivity contribution in [2.24, 2.45) is 5.73 Å². The second-order valence-corrected chi connectivity index (χ2v) is 5.24. The molecule has 0 spiro atoms. The number of likely N-dealkylation sites (N-methyl/N-ethyl adjacent to an activating group) is 1. The fraction of sp³-hybridized carbons (Fsp3) is 0.727. The van der Waals surface area contributed by atoms with Crippen LogP contribution in [0.5, 0.6) is 0 Å². The molecule has 0 aromatic heterocycles. The Hall–Kier alpha value is -1.79. The van der Waals surface area contributed by atoms with Crippen molar-refractivity contribution >= 4 is 17.9 Å². The van der Waals surface area contributed by atoms with Gasteiger partial charge in [0, 0.05) is 19.6 Å². The lowest BCUT2D eigenvalue weighted by molar-refractivity contribution is -0.138. The average Bonchev–Trinajstić information content (AvgIpc) is 2.11. The van der Waals surface area contributed by atoms with Gasteiger partial charge in [-0.05, 0) is 20.8 Å². The van der Waals surface area contributed by atoms with Crippen LogP contribution in [-0.2, 0) is 9.59 Å². The third-order valence-electron chi connectivity index (χ3n) is 2.36. The summed E-state index contributed by atoms with van der Waals surface area (Å²) in [6.07, 6.45) is -1.59. The lowest BCUT2D eigenvalue weighted by Gasteiger charge is -2.39. The van der Waals surface area contributed by atoms with Crippen LogP contribution in [0, 0.1) is 0 Å². The van der Waals surface area contributed by atoms with Crippen molar-refractivity contribution in [3.8, 4) is 0 Å². The SMILES string of the molecule is CN(C)C(=O)[C@H](CC(N)=O)N(C(=O)O)C(C)(C)C. The minimum absolute atomic E-state index is 0.333. The highest BCUT2D eigenvalue weighted by atomic mass is 16.4. The van der Waals surface area contributed by atoms with Gasteiger partial charge in [-0.3, -0.25) is 14.5 Å². The molecular weight excluding hydrogens is 238 g/mol. The van der Waals surface area contributed by atoms with E-state index in [0.29, 0.717) is 0 Å². The zero-order valence-electron chi connectivity index (χ0n) is 11.4. The summed E-state index contributed by atoms with van der Waals surface area (Å²) >= 11 is 0. The monoisotopic (exact) mass is 259 g/mol. The van der Waals surface area contributed by atoms with E-state index in [1.165, 1.54) is 19.0 Å². The molecule has 0 aliphatic heterocycles. The molecule has 0 radical (unpaired) electrons. The number of nitrogens with zero attached hydrogens (tertiary/aromatic N) is 2. The van der Waals surface area contributed by atoms with Crippen molar-refractivity contribution < 1.29 is 19.5 Å². The van der Waals surface area contributed by atoms with Gasteiger partial charge in [0.1, 0.15) is 6.04 Å². The van der Waals surface area contributed by atoms with Gasteiger partial charge in [0.05, 0.1) is 6.42 Å². The third-order valence-corrected chi connectivity index (χ3v) is 2.36. The van der Waals surface area contributed by atoms with E-state index in [9.17, 15) is 19.5 Å². The highest BCUT2D eigenvalue weighted by molar-refractivity contribution is 5.90. The summed E-state index contributed by atoms with van der Waals surface area (Å²) in [6.45, 7) is 4.95. The van der Waals surface area contributed by atoms with Gasteiger partial charge in [0.2, 0.25) is 11.8 Å². The van der Waals surface area contributed by atoms with Crippen molar-refractivity contribution in [3.63, 3.8) is 0 Å². The lowest BCUT2D eigenvalue weighted by atomic mass is 10.0. The first-order chi connectivity index (χ1) is 7.98. The molecule has 104 valence electrons. The van der Waals surface area contributed by atoms with Crippen LogP contribution in [0.3, 0.4) is 0 Å². The summed E-state index contributed by atoms with van der Waals surface area (Å²) in [7, 11) is 3.00. The van der Waals surface area contributed by atoms with Gasteiger partial charge in [0.25, 0.3) is 0 Å². The van der Waals surface area contributed by atoms with E-state index < -0.39 is 29.5 Å². The van der Waals surface area contributed by atoms with Crippen LogP contribution in [0.25, 0.3) is 0 Å². The number of hydrogen-bond acceptors (Lipinski definition) is 3. The fourth-order valence-corrected chi connectivity index (χ4v) is 1.67. The van der Waals surface area contributed by atoms with Gasteiger partial charge in [-0.1, -0.05) is 0 Å². The maximum Gasteiger partial charge on any atom is 0.408 e. The van der Waals surface area contributed by atoms with E-state index in [-0.39, 0.29) is 6.42 Å². The number of carboxylic acid groups (broad SMARTS) is 1. The predicted molar refractivity (Wildman–Crippen MR) is 65.9 cm³/mol. The minimum atomic E-state index is -1.26. The molecule has 0 unspecified atom stereocenters. The van der Waals surface area contributed by atoms with E-state index >= 15 is 0 Å². The van der Waals surface area contributed by atoms with Gasteiger partial charge >= 0.3 is 6.09 Å². The first-order valence-electron chi connectivity index (χ1n) is 5.50. The second kappa shape index (κ2) is 5.70. The molecule has 1 atom stereocenters. The lowest BCUT2D eigenvalue weighted by Crippen LogP contribution is -2.57. The van der Waals surface area contributed by atoms with Crippen molar-refractivity contribution in [2.45, 2.75) is 38.8 Å². The van der Waals surface area contributed by atoms with Gasteiger partial charge < -0.3 is 15.7 Å². The molecule has 3 amide bonds. The Balaban J connectivity index is 5.44. The fourth-order valence-electron chi connectivity index (χ4n) is 1.67. The molecule has 0 rings (SSSR count). The Labute approximate surface area is 107 Å². The van der Waals surface area contributed by atoms with Gasteiger partial charge in [-0.2, -0.15) is 0 Å². The molecule has 0 aliphatic rings. The zero-order valence-corrected chi connectivity index (χ0v) is 11.4. The van der Waals surface area contributed by atoms with Crippen molar-refractivity contribution in [3.05, 3.63) is 0 Å². The summed E-state index contributed by atoms with van der Waals surface area (Å²) < 4.78 is 0. The third kappa shape index (κ3) is 4.23. The Kier molecular flexibility index (Phi) is 5.13. The number of amides is 3. The van der Waals surface area contributed by atoms with Crippen LogP contribution in [0.1, 0.15) is 27.2 Å². The van der Waals surface area contributed by atoms with Crippen LogP contribution in [-0.4, -0.2) is 58.5 Å². The Morgan fingerprint density at radius 1 is 1.22 bits per heavy atom. The highest BCUT2D eigenvalue weighted by Gasteiger charge is 2.38. The van der Waals surface area contributed by atoms with Gasteiger partial charge in [0.15, 0.2) is 0 Å². The molecule has 3 N–H and O–H groups in total. The Morgan fingerprint density at radius 3 is 1.89 bits per heavy atom. The van der Waals surface area contributed by atoms with E-state index in [1.54, 1.807) is 20.8 Å². The van der Waals surface area contributed by atoms with Crippen molar-refractivity contribution in [1.29, 1.82) is 0 Å². The molecule has 0 aromatic carbocycles. The molecule has 18 heavy (non-hydrogen) atoms. The van der Waals surface area contributed by atoms with Crippen LogP contribution >= 0.6 is 0 Å². The quantitative estimate of drug-likeness (QED) is 0.747. The van der Waals surface area contributed by atoms with Crippen LogP contribution in [0.4, 0.5) is 4.79 Å². The van der Waals surface area contributed by atoms with E-state index in [4.69, 9.17) is 5.73 Å². The largest absolute Gasteiger partial charge is 0.465 e. The Bertz CT molecular complexity index is 347. The van der Waals surface area contributed by atoms with E-state index in [1.807, 2.05) is 0 Å². The maximum atomic E-state index is 12.0. The first-order valence-corrected chi connectivity index (χ1v) is 5.50. The Morgan fingerprint density at radius 2 is 1.67 bits per heavy atom. The summed E-state index contributed by atoms with van der Waals surface area (Å²) in [4.78, 5) is 36.5. The normalized spacial score (nSPS) is 12.7. The summed E-state index contributed by atoms with van der Waals surface area (Å²) in [5.74, 6) is -1.18. The topological polar surface area (TPSA) is 104 Å². The summed E-state index contributed by atoms with van der Waals surface area (Å²) in [5.41, 5.74) is 4.28. The van der Waals surface area contributed by atoms with E-state index in [2.05, 4.69) is 0 Å². The smallest absolute Gasteiger partial charge is 0.408 e. The van der Waals surface area contributed by atoms with E-state index in [0.717, 1.165) is 4.90 Å². The number of hydrogen-bond donors (Lipinski definition) is 2. The molecular formula is C11H21N3O4. The van der Waals surface area contributed by atoms with Crippen LogP contribution < -0.4 is 5.73 Å². The standard InChI is InChI=1S/C11H21N3O4/c1-11(2,3)14(10(17)18)7(6-8(12)15)9(16)13(4)5/h7H,6H2,1-5H3,(H2,12,15)(H,17,18)/t7-/m0/s1. The predicted octanol–water partition coefficient (Wildman–Crippen LogP) is 0.0971. The van der Waals surface area contributed by atoms with Crippen LogP contribution in [0.2, 0.25) is 0 Å². The molecule has 0 fully saturated rings. The molecule has 0 bridgehead atoms. The average molecular weight is 259 g/mol. The maximum absolute atomic E-state index is 12.0. The van der Waals surface area contributed by atoms with Crippen molar-refractivity contribution in [2.75, 3.05) is 14.1 Å². The number of rotatable bonds is 4. The number of carbonyl (C=O) groups is 3. The molecule has 7 nitrogen and oxygen atoms in total.